The second kappa shape index (κ2) is 9.59. The van der Waals surface area contributed by atoms with Crippen LogP contribution in [0.15, 0.2) is 30.5 Å². The number of carbonyl (C=O) groups is 2. The van der Waals surface area contributed by atoms with Crippen LogP contribution in [-0.2, 0) is 16.0 Å². The van der Waals surface area contributed by atoms with Gasteiger partial charge in [0.1, 0.15) is 5.75 Å². The van der Waals surface area contributed by atoms with E-state index in [0.29, 0.717) is 35.5 Å². The molecule has 7 nitrogen and oxygen atoms in total. The fourth-order valence-electron chi connectivity index (χ4n) is 2.75. The Morgan fingerprint density at radius 3 is 2.85 bits per heavy atom. The lowest BCUT2D eigenvalue weighted by atomic mass is 10.0. The maximum atomic E-state index is 12.3. The quantitative estimate of drug-likeness (QED) is 0.638. The highest BCUT2D eigenvalue weighted by Gasteiger charge is 2.26. The summed E-state index contributed by atoms with van der Waals surface area (Å²) in [7, 11) is 0. The first-order valence-corrected chi connectivity index (χ1v) is 9.77. The molecule has 2 heterocycles. The van der Waals surface area contributed by atoms with E-state index in [2.05, 4.69) is 10.3 Å². The Labute approximate surface area is 161 Å². The maximum absolute atomic E-state index is 12.3. The smallest absolute Gasteiger partial charge is 0.264 e. The molecule has 8 heteroatoms. The van der Waals surface area contributed by atoms with Gasteiger partial charge in [-0.05, 0) is 43.5 Å². The van der Waals surface area contributed by atoms with Crippen LogP contribution in [0.3, 0.4) is 0 Å². The van der Waals surface area contributed by atoms with Gasteiger partial charge in [-0.15, -0.1) is 0 Å². The third-order valence-electron chi connectivity index (χ3n) is 4.26. The third-order valence-corrected chi connectivity index (χ3v) is 5.19. The number of carbonyl (C=O) groups excluding carboxylic acids is 2. The lowest BCUT2D eigenvalue weighted by Crippen LogP contribution is -2.20. The zero-order valence-electron chi connectivity index (χ0n) is 15.0. The van der Waals surface area contributed by atoms with Crippen LogP contribution in [0.2, 0.25) is 0 Å². The highest BCUT2D eigenvalue weighted by atomic mass is 32.1. The highest BCUT2D eigenvalue weighted by Crippen LogP contribution is 2.25. The summed E-state index contributed by atoms with van der Waals surface area (Å²) in [5.41, 5.74) is 6.69. The van der Waals surface area contributed by atoms with Gasteiger partial charge in [-0.25, -0.2) is 4.98 Å². The van der Waals surface area contributed by atoms with E-state index in [-0.39, 0.29) is 24.2 Å². The van der Waals surface area contributed by atoms with Gasteiger partial charge in [0, 0.05) is 12.5 Å². The number of amides is 1. The molecule has 1 amide bonds. The number of hydrogen-bond acceptors (Lipinski definition) is 7. The second-order valence-electron chi connectivity index (χ2n) is 6.33. The molecule has 0 radical (unpaired) electrons. The number of thiazole rings is 1. The standard InChI is InChI=1S/C19H23N3O4S/c20-8-1-2-13-3-5-15(6-4-13)26-12-17(23)22-19-21-10-16(27-19)18(24)14-7-9-25-11-14/h3-6,10,14H,1-2,7-9,11-12,20H2,(H,21,22,23). The van der Waals surface area contributed by atoms with Crippen molar-refractivity contribution >= 4 is 28.2 Å². The van der Waals surface area contributed by atoms with E-state index in [1.807, 2.05) is 24.3 Å². The Kier molecular flexibility index (Phi) is 6.92. The molecule has 1 fully saturated rings. The number of nitrogens with zero attached hydrogens (tertiary/aromatic N) is 1. The number of aromatic nitrogens is 1. The first kappa shape index (κ1) is 19.5. The van der Waals surface area contributed by atoms with E-state index < -0.39 is 0 Å². The average Bonchev–Trinajstić information content (AvgIpc) is 3.37. The molecule has 0 bridgehead atoms. The molecule has 0 aliphatic carbocycles. The monoisotopic (exact) mass is 389 g/mol. The summed E-state index contributed by atoms with van der Waals surface area (Å²) in [5, 5.41) is 3.06. The molecule has 2 aromatic rings. The topological polar surface area (TPSA) is 104 Å². The summed E-state index contributed by atoms with van der Waals surface area (Å²) in [6, 6.07) is 7.61. The molecule has 1 saturated heterocycles. The third kappa shape index (κ3) is 5.59. The van der Waals surface area contributed by atoms with Crippen molar-refractivity contribution in [1.29, 1.82) is 0 Å². The van der Waals surface area contributed by atoms with Crippen molar-refractivity contribution in [2.45, 2.75) is 19.3 Å². The van der Waals surface area contributed by atoms with Crippen molar-refractivity contribution in [1.82, 2.24) is 4.98 Å². The Morgan fingerprint density at radius 1 is 1.33 bits per heavy atom. The number of anilines is 1. The van der Waals surface area contributed by atoms with Gasteiger partial charge in [-0.2, -0.15) is 0 Å². The van der Waals surface area contributed by atoms with Gasteiger partial charge in [0.2, 0.25) is 0 Å². The molecule has 1 aliphatic rings. The predicted octanol–water partition coefficient (Wildman–Crippen LogP) is 2.27. The average molecular weight is 389 g/mol. The Balaban J connectivity index is 1.46. The van der Waals surface area contributed by atoms with Crippen LogP contribution in [0.1, 0.15) is 28.1 Å². The molecule has 3 N–H and O–H groups in total. The van der Waals surface area contributed by atoms with Crippen molar-refractivity contribution in [3.05, 3.63) is 40.9 Å². The fraction of sp³-hybridized carbons (Fsp3) is 0.421. The summed E-state index contributed by atoms with van der Waals surface area (Å²) >= 11 is 1.17. The summed E-state index contributed by atoms with van der Waals surface area (Å²) in [5.74, 6) is 0.222. The number of ketones is 1. The first-order chi connectivity index (χ1) is 13.2. The molecule has 27 heavy (non-hydrogen) atoms. The molecule has 1 unspecified atom stereocenters. The number of rotatable bonds is 9. The van der Waals surface area contributed by atoms with Crippen LogP contribution in [0, 0.1) is 5.92 Å². The zero-order valence-corrected chi connectivity index (χ0v) is 15.8. The van der Waals surface area contributed by atoms with Crippen LogP contribution in [-0.4, -0.2) is 43.0 Å². The number of hydrogen-bond donors (Lipinski definition) is 2. The summed E-state index contributed by atoms with van der Waals surface area (Å²) < 4.78 is 10.7. The van der Waals surface area contributed by atoms with Crippen LogP contribution in [0.4, 0.5) is 5.13 Å². The number of nitrogens with two attached hydrogens (primary N) is 1. The Hall–Kier alpha value is -2.29. The minimum Gasteiger partial charge on any atom is -0.484 e. The van der Waals surface area contributed by atoms with Crippen LogP contribution in [0.25, 0.3) is 0 Å². The van der Waals surface area contributed by atoms with Crippen LogP contribution >= 0.6 is 11.3 Å². The number of benzene rings is 1. The molecular formula is C19H23N3O4S. The van der Waals surface area contributed by atoms with Crippen LogP contribution in [0.5, 0.6) is 5.75 Å². The summed E-state index contributed by atoms with van der Waals surface area (Å²) in [6.07, 6.45) is 4.10. The van der Waals surface area contributed by atoms with Gasteiger partial charge in [0.25, 0.3) is 5.91 Å². The van der Waals surface area contributed by atoms with Crippen molar-refractivity contribution in [2.24, 2.45) is 11.7 Å². The van der Waals surface area contributed by atoms with Gasteiger partial charge < -0.3 is 15.2 Å². The first-order valence-electron chi connectivity index (χ1n) is 8.95. The van der Waals surface area contributed by atoms with E-state index >= 15 is 0 Å². The van der Waals surface area contributed by atoms with E-state index in [9.17, 15) is 9.59 Å². The zero-order chi connectivity index (χ0) is 19.1. The molecule has 1 aromatic carbocycles. The van der Waals surface area contributed by atoms with Gasteiger partial charge >= 0.3 is 0 Å². The molecule has 1 aromatic heterocycles. The van der Waals surface area contributed by atoms with Gasteiger partial charge in [-0.3, -0.25) is 14.9 Å². The normalized spacial score (nSPS) is 16.3. The largest absolute Gasteiger partial charge is 0.484 e. The maximum Gasteiger partial charge on any atom is 0.264 e. The number of Topliss-reactive ketones (excluding diaryl/α,β-unsaturated/α-hetero) is 1. The second-order valence-corrected chi connectivity index (χ2v) is 7.36. The molecule has 3 rings (SSSR count). The van der Waals surface area contributed by atoms with E-state index in [1.165, 1.54) is 23.1 Å². The molecule has 144 valence electrons. The molecule has 1 aliphatic heterocycles. The minimum atomic E-state index is -0.320. The molecule has 0 spiro atoms. The van der Waals surface area contributed by atoms with E-state index in [0.717, 1.165) is 19.3 Å². The van der Waals surface area contributed by atoms with E-state index in [1.54, 1.807) is 0 Å². The Bertz CT molecular complexity index is 770. The van der Waals surface area contributed by atoms with Crippen molar-refractivity contribution in [3.63, 3.8) is 0 Å². The van der Waals surface area contributed by atoms with Crippen molar-refractivity contribution in [3.8, 4) is 5.75 Å². The van der Waals surface area contributed by atoms with E-state index in [4.69, 9.17) is 15.2 Å². The van der Waals surface area contributed by atoms with Gasteiger partial charge in [-0.1, -0.05) is 23.5 Å². The lowest BCUT2D eigenvalue weighted by molar-refractivity contribution is -0.118. The molecular weight excluding hydrogens is 366 g/mol. The molecule has 1 atom stereocenters. The van der Waals surface area contributed by atoms with Crippen molar-refractivity contribution in [2.75, 3.05) is 31.7 Å². The van der Waals surface area contributed by atoms with Gasteiger partial charge in [0.15, 0.2) is 17.5 Å². The number of ether oxygens (including phenoxy) is 2. The van der Waals surface area contributed by atoms with Gasteiger partial charge in [0.05, 0.1) is 17.7 Å². The minimum absolute atomic E-state index is 0.0245. The SMILES string of the molecule is NCCCc1ccc(OCC(=O)Nc2ncc(C(=O)C3CCOC3)s2)cc1. The molecule has 0 saturated carbocycles. The summed E-state index contributed by atoms with van der Waals surface area (Å²) in [4.78, 5) is 29.0. The lowest BCUT2D eigenvalue weighted by Gasteiger charge is -2.07. The fourth-order valence-corrected chi connectivity index (χ4v) is 3.60. The number of nitrogens with one attached hydrogen (secondary N) is 1. The highest BCUT2D eigenvalue weighted by molar-refractivity contribution is 7.17. The number of aryl methyl sites for hydroxylation is 1. The van der Waals surface area contributed by atoms with Crippen LogP contribution < -0.4 is 15.8 Å². The Morgan fingerprint density at radius 2 is 2.15 bits per heavy atom. The predicted molar refractivity (Wildman–Crippen MR) is 103 cm³/mol. The summed E-state index contributed by atoms with van der Waals surface area (Å²) in [6.45, 7) is 1.61. The van der Waals surface area contributed by atoms with Crippen molar-refractivity contribution < 1.29 is 19.1 Å².